The topological polar surface area (TPSA) is 39.9 Å². The van der Waals surface area contributed by atoms with E-state index < -0.39 is 0 Å². The van der Waals surface area contributed by atoms with E-state index in [-0.39, 0.29) is 0 Å². The maximum atomic E-state index is 6.05. The molecule has 0 amide bonds. The highest BCUT2D eigenvalue weighted by Gasteiger charge is 2.13. The first-order valence-electron chi connectivity index (χ1n) is 6.72. The molecule has 6 heteroatoms. The standard InChI is InChI=1S/C15H16ClN3OS/c1-10-9-21-14(17-10)6-7-19-11-4-3-5-12(20-2)15(11)18-13(19)8-16/h3-5,9H,6-8H2,1-2H3. The van der Waals surface area contributed by atoms with E-state index >= 15 is 0 Å². The summed E-state index contributed by atoms with van der Waals surface area (Å²) in [5, 5.41) is 3.21. The second kappa shape index (κ2) is 6.03. The van der Waals surface area contributed by atoms with Gasteiger partial charge in [0.2, 0.25) is 0 Å². The molecule has 110 valence electrons. The summed E-state index contributed by atoms with van der Waals surface area (Å²) in [6.45, 7) is 2.83. The summed E-state index contributed by atoms with van der Waals surface area (Å²) in [6.07, 6.45) is 0.880. The number of hydrogen-bond donors (Lipinski definition) is 0. The number of aromatic nitrogens is 3. The predicted octanol–water partition coefficient (Wildman–Crippen LogP) is 3.79. The number of hydrogen-bond acceptors (Lipinski definition) is 4. The third-order valence-corrected chi connectivity index (χ3v) is 4.64. The maximum absolute atomic E-state index is 6.05. The van der Waals surface area contributed by atoms with Crippen molar-refractivity contribution in [2.75, 3.05) is 7.11 Å². The van der Waals surface area contributed by atoms with Crippen molar-refractivity contribution in [3.05, 3.63) is 40.1 Å². The molecule has 21 heavy (non-hydrogen) atoms. The van der Waals surface area contributed by atoms with E-state index in [1.54, 1.807) is 18.4 Å². The van der Waals surface area contributed by atoms with E-state index in [1.807, 2.05) is 25.1 Å². The van der Waals surface area contributed by atoms with Gasteiger partial charge in [-0.15, -0.1) is 22.9 Å². The molecule has 0 bridgehead atoms. The molecule has 0 spiro atoms. The number of ether oxygens (including phenoxy) is 1. The van der Waals surface area contributed by atoms with Crippen molar-refractivity contribution in [3.63, 3.8) is 0 Å². The molecule has 3 rings (SSSR count). The quantitative estimate of drug-likeness (QED) is 0.671. The fraction of sp³-hybridized carbons (Fsp3) is 0.333. The Labute approximate surface area is 132 Å². The molecule has 0 saturated carbocycles. The number of imidazole rings is 1. The Morgan fingerprint density at radius 2 is 2.19 bits per heavy atom. The molecule has 2 heterocycles. The zero-order valence-electron chi connectivity index (χ0n) is 12.0. The van der Waals surface area contributed by atoms with Gasteiger partial charge in [0, 0.05) is 24.0 Å². The van der Waals surface area contributed by atoms with Gasteiger partial charge in [-0.05, 0) is 19.1 Å². The van der Waals surface area contributed by atoms with Crippen molar-refractivity contribution in [3.8, 4) is 5.75 Å². The van der Waals surface area contributed by atoms with Crippen LogP contribution < -0.4 is 4.74 Å². The molecule has 2 aromatic heterocycles. The predicted molar refractivity (Wildman–Crippen MR) is 86.4 cm³/mol. The second-order valence-corrected chi connectivity index (χ2v) is 5.98. The van der Waals surface area contributed by atoms with E-state index in [9.17, 15) is 0 Å². The minimum atomic E-state index is 0.384. The molecule has 0 aliphatic rings. The fourth-order valence-electron chi connectivity index (χ4n) is 2.41. The van der Waals surface area contributed by atoms with Crippen molar-refractivity contribution in [2.24, 2.45) is 0 Å². The Balaban J connectivity index is 1.96. The highest BCUT2D eigenvalue weighted by molar-refractivity contribution is 7.09. The van der Waals surface area contributed by atoms with Gasteiger partial charge in [0.05, 0.1) is 23.5 Å². The van der Waals surface area contributed by atoms with Crippen LogP contribution >= 0.6 is 22.9 Å². The molecule has 0 saturated heterocycles. The molecule has 0 unspecified atom stereocenters. The van der Waals surface area contributed by atoms with Crippen molar-refractivity contribution in [1.29, 1.82) is 0 Å². The number of nitrogens with zero attached hydrogens (tertiary/aromatic N) is 3. The first kappa shape index (κ1) is 14.4. The van der Waals surface area contributed by atoms with Crippen LogP contribution in [0.3, 0.4) is 0 Å². The Hall–Kier alpha value is -1.59. The molecule has 0 aliphatic carbocycles. The molecule has 0 aliphatic heterocycles. The highest BCUT2D eigenvalue weighted by Crippen LogP contribution is 2.26. The van der Waals surface area contributed by atoms with Crippen LogP contribution in [0.25, 0.3) is 11.0 Å². The zero-order chi connectivity index (χ0) is 14.8. The van der Waals surface area contributed by atoms with Crippen molar-refractivity contribution in [1.82, 2.24) is 14.5 Å². The Morgan fingerprint density at radius 3 is 2.86 bits per heavy atom. The maximum Gasteiger partial charge on any atom is 0.146 e. The van der Waals surface area contributed by atoms with Gasteiger partial charge in [-0.25, -0.2) is 9.97 Å². The molecular weight excluding hydrogens is 306 g/mol. The molecule has 3 aromatic rings. The second-order valence-electron chi connectivity index (χ2n) is 4.77. The summed E-state index contributed by atoms with van der Waals surface area (Å²) in [4.78, 5) is 9.11. The van der Waals surface area contributed by atoms with Crippen LogP contribution in [0.1, 0.15) is 16.5 Å². The zero-order valence-corrected chi connectivity index (χ0v) is 13.5. The SMILES string of the molecule is COc1cccc2c1nc(CCl)n2CCc1nc(C)cs1. The van der Waals surface area contributed by atoms with Gasteiger partial charge in [-0.3, -0.25) is 0 Å². The smallest absolute Gasteiger partial charge is 0.146 e. The summed E-state index contributed by atoms with van der Waals surface area (Å²) in [7, 11) is 1.66. The normalized spacial score (nSPS) is 11.2. The third kappa shape index (κ3) is 2.76. The molecule has 0 fully saturated rings. The van der Waals surface area contributed by atoms with Gasteiger partial charge in [-0.1, -0.05) is 6.07 Å². The highest BCUT2D eigenvalue weighted by atomic mass is 35.5. The first-order valence-corrected chi connectivity index (χ1v) is 8.13. The van der Waals surface area contributed by atoms with Gasteiger partial charge >= 0.3 is 0 Å². The van der Waals surface area contributed by atoms with Crippen molar-refractivity contribution < 1.29 is 4.74 Å². The van der Waals surface area contributed by atoms with E-state index in [0.29, 0.717) is 5.88 Å². The van der Waals surface area contributed by atoms with E-state index in [0.717, 1.165) is 46.3 Å². The lowest BCUT2D eigenvalue weighted by Gasteiger charge is -2.06. The van der Waals surface area contributed by atoms with Gasteiger partial charge in [0.15, 0.2) is 0 Å². The summed E-state index contributed by atoms with van der Waals surface area (Å²) >= 11 is 7.74. The Kier molecular flexibility index (Phi) is 4.12. The number of alkyl halides is 1. The van der Waals surface area contributed by atoms with Crippen LogP contribution in [-0.2, 0) is 18.8 Å². The molecule has 0 atom stereocenters. The minimum Gasteiger partial charge on any atom is -0.494 e. The fourth-order valence-corrected chi connectivity index (χ4v) is 3.38. The van der Waals surface area contributed by atoms with Crippen LogP contribution in [0.5, 0.6) is 5.75 Å². The first-order chi connectivity index (χ1) is 10.2. The number of aryl methyl sites for hydroxylation is 3. The summed E-state index contributed by atoms with van der Waals surface area (Å²) in [6, 6.07) is 5.95. The molecule has 1 aromatic carbocycles. The van der Waals surface area contributed by atoms with Crippen LogP contribution in [-0.4, -0.2) is 21.6 Å². The Morgan fingerprint density at radius 1 is 1.33 bits per heavy atom. The van der Waals surface area contributed by atoms with Crippen molar-refractivity contribution in [2.45, 2.75) is 25.8 Å². The number of methoxy groups -OCH3 is 1. The van der Waals surface area contributed by atoms with Gasteiger partial charge in [0.1, 0.15) is 17.1 Å². The molecule has 0 N–H and O–H groups in total. The Bertz CT molecular complexity index is 765. The van der Waals surface area contributed by atoms with Crippen LogP contribution in [0, 0.1) is 6.92 Å². The third-order valence-electron chi connectivity index (χ3n) is 3.38. The van der Waals surface area contributed by atoms with Crippen LogP contribution in [0.4, 0.5) is 0 Å². The van der Waals surface area contributed by atoms with Crippen LogP contribution in [0.15, 0.2) is 23.6 Å². The van der Waals surface area contributed by atoms with Gasteiger partial charge in [-0.2, -0.15) is 0 Å². The average Bonchev–Trinajstić information content (AvgIpc) is 3.07. The minimum absolute atomic E-state index is 0.384. The monoisotopic (exact) mass is 321 g/mol. The lowest BCUT2D eigenvalue weighted by molar-refractivity contribution is 0.419. The van der Waals surface area contributed by atoms with Crippen molar-refractivity contribution >= 4 is 34.0 Å². The summed E-state index contributed by atoms with van der Waals surface area (Å²) < 4.78 is 7.53. The number of para-hydroxylation sites is 1. The largest absolute Gasteiger partial charge is 0.494 e. The number of fused-ring (bicyclic) bond motifs is 1. The number of benzene rings is 1. The summed E-state index contributed by atoms with van der Waals surface area (Å²) in [5.41, 5.74) is 2.99. The van der Waals surface area contributed by atoms with E-state index in [2.05, 4.69) is 19.9 Å². The molecule has 0 radical (unpaired) electrons. The van der Waals surface area contributed by atoms with E-state index in [1.165, 1.54) is 0 Å². The molecular formula is C15H16ClN3OS. The van der Waals surface area contributed by atoms with E-state index in [4.69, 9.17) is 16.3 Å². The summed E-state index contributed by atoms with van der Waals surface area (Å²) in [5.74, 6) is 2.03. The van der Waals surface area contributed by atoms with Crippen LogP contribution in [0.2, 0.25) is 0 Å². The van der Waals surface area contributed by atoms with Gasteiger partial charge < -0.3 is 9.30 Å². The lowest BCUT2D eigenvalue weighted by Crippen LogP contribution is -2.05. The number of thiazole rings is 1. The molecule has 4 nitrogen and oxygen atoms in total. The lowest BCUT2D eigenvalue weighted by atomic mass is 10.3. The van der Waals surface area contributed by atoms with Gasteiger partial charge in [0.25, 0.3) is 0 Å². The number of rotatable bonds is 5. The average molecular weight is 322 g/mol. The number of halogens is 1.